The van der Waals surface area contributed by atoms with Gasteiger partial charge in [0, 0.05) is 24.8 Å². The number of hydrogen-bond acceptors (Lipinski definition) is 4. The van der Waals surface area contributed by atoms with E-state index in [1.807, 2.05) is 13.8 Å². The van der Waals surface area contributed by atoms with Crippen LogP contribution in [0, 0.1) is 15.9 Å². The minimum Gasteiger partial charge on any atom is -0.379 e. The first kappa shape index (κ1) is 16.5. The van der Waals surface area contributed by atoms with Gasteiger partial charge in [-0.2, -0.15) is 0 Å². The summed E-state index contributed by atoms with van der Waals surface area (Å²) in [6.07, 6.45) is 2.07. The molecule has 0 spiro atoms. The Hall–Kier alpha value is -1.53. The minimum absolute atomic E-state index is 0.0537. The number of nitrogens with zero attached hydrogens (tertiary/aromatic N) is 1. The van der Waals surface area contributed by atoms with E-state index in [-0.39, 0.29) is 11.8 Å². The van der Waals surface area contributed by atoms with Crippen LogP contribution in [0.5, 0.6) is 0 Å². The molecule has 0 aliphatic rings. The van der Waals surface area contributed by atoms with Crippen LogP contribution in [0.2, 0.25) is 0 Å². The summed E-state index contributed by atoms with van der Waals surface area (Å²) >= 11 is 0. The number of nitro benzene ring substituents is 1. The minimum atomic E-state index is -0.493. The molecule has 20 heavy (non-hydrogen) atoms. The van der Waals surface area contributed by atoms with Gasteiger partial charge in [0.2, 0.25) is 0 Å². The number of halogens is 1. The lowest BCUT2D eigenvalue weighted by Gasteiger charge is -2.08. The normalized spacial score (nSPS) is 11.0. The number of hydrogen-bond donors (Lipinski definition) is 1. The van der Waals surface area contributed by atoms with Crippen LogP contribution in [-0.4, -0.2) is 24.2 Å². The first-order valence-electron chi connectivity index (χ1n) is 6.76. The molecular formula is C14H21FN2O3. The van der Waals surface area contributed by atoms with Crippen molar-refractivity contribution in [1.82, 2.24) is 5.32 Å². The molecule has 6 heteroatoms. The van der Waals surface area contributed by atoms with E-state index < -0.39 is 10.7 Å². The Labute approximate surface area is 118 Å². The van der Waals surface area contributed by atoms with E-state index in [0.29, 0.717) is 18.7 Å². The van der Waals surface area contributed by atoms with Crippen molar-refractivity contribution in [2.24, 2.45) is 0 Å². The predicted octanol–water partition coefficient (Wildman–Crippen LogP) is 3.03. The summed E-state index contributed by atoms with van der Waals surface area (Å²) in [7, 11) is 0. The van der Waals surface area contributed by atoms with E-state index in [1.165, 1.54) is 12.1 Å². The Balaban J connectivity index is 2.31. The van der Waals surface area contributed by atoms with Crippen LogP contribution in [0.4, 0.5) is 10.1 Å². The van der Waals surface area contributed by atoms with Gasteiger partial charge in [-0.15, -0.1) is 0 Å². The molecule has 1 rings (SSSR count). The first-order chi connectivity index (χ1) is 9.50. The van der Waals surface area contributed by atoms with Crippen molar-refractivity contribution in [2.75, 3.05) is 13.2 Å². The molecule has 0 heterocycles. The lowest BCUT2D eigenvalue weighted by Crippen LogP contribution is -2.16. The molecule has 0 saturated heterocycles. The van der Waals surface area contributed by atoms with Gasteiger partial charge in [-0.3, -0.25) is 10.1 Å². The third-order valence-corrected chi connectivity index (χ3v) is 2.75. The van der Waals surface area contributed by atoms with Gasteiger partial charge in [-0.05, 0) is 45.4 Å². The number of rotatable bonds is 9. The fraction of sp³-hybridized carbons (Fsp3) is 0.571. The summed E-state index contributed by atoms with van der Waals surface area (Å²) in [5, 5.41) is 13.9. The molecule has 0 amide bonds. The summed E-state index contributed by atoms with van der Waals surface area (Å²) in [6, 6.07) is 3.50. The molecule has 0 fully saturated rings. The van der Waals surface area contributed by atoms with Crippen LogP contribution in [0.15, 0.2) is 18.2 Å². The largest absolute Gasteiger partial charge is 0.379 e. The van der Waals surface area contributed by atoms with Gasteiger partial charge in [0.25, 0.3) is 5.69 Å². The van der Waals surface area contributed by atoms with Gasteiger partial charge in [0.05, 0.1) is 11.0 Å². The molecule has 0 bridgehead atoms. The fourth-order valence-electron chi connectivity index (χ4n) is 1.77. The lowest BCUT2D eigenvalue weighted by atomic mass is 10.1. The summed E-state index contributed by atoms with van der Waals surface area (Å²) in [5.41, 5.74) is 0.315. The highest BCUT2D eigenvalue weighted by atomic mass is 19.1. The number of unbranched alkanes of at least 4 members (excludes halogenated alkanes) is 1. The Morgan fingerprint density at radius 1 is 1.40 bits per heavy atom. The van der Waals surface area contributed by atoms with Crippen molar-refractivity contribution in [3.63, 3.8) is 0 Å². The standard InChI is InChI=1S/C14H21FN2O3/c1-11(2)20-8-4-3-7-16-10-12-9-13(15)5-6-14(12)17(18)19/h5-6,9,11,16H,3-4,7-8,10H2,1-2H3. The predicted molar refractivity (Wildman–Crippen MR) is 75.1 cm³/mol. The van der Waals surface area contributed by atoms with E-state index in [1.54, 1.807) is 0 Å². The second-order valence-corrected chi connectivity index (χ2v) is 4.83. The highest BCUT2D eigenvalue weighted by molar-refractivity contribution is 5.40. The monoisotopic (exact) mass is 284 g/mol. The summed E-state index contributed by atoms with van der Waals surface area (Å²) < 4.78 is 18.5. The van der Waals surface area contributed by atoms with Gasteiger partial charge in [0.15, 0.2) is 0 Å². The Bertz CT molecular complexity index is 438. The van der Waals surface area contributed by atoms with Crippen molar-refractivity contribution in [2.45, 2.75) is 39.3 Å². The molecular weight excluding hydrogens is 263 g/mol. The van der Waals surface area contributed by atoms with Crippen LogP contribution >= 0.6 is 0 Å². The van der Waals surface area contributed by atoms with Crippen LogP contribution in [0.25, 0.3) is 0 Å². The molecule has 0 aliphatic carbocycles. The molecule has 0 unspecified atom stereocenters. The third-order valence-electron chi connectivity index (χ3n) is 2.75. The second kappa shape index (κ2) is 8.60. The third kappa shape index (κ3) is 6.08. The summed E-state index contributed by atoms with van der Waals surface area (Å²) in [6.45, 7) is 5.69. The highest BCUT2D eigenvalue weighted by Crippen LogP contribution is 2.19. The van der Waals surface area contributed by atoms with Gasteiger partial charge in [-0.1, -0.05) is 0 Å². The zero-order chi connectivity index (χ0) is 15.0. The zero-order valence-electron chi connectivity index (χ0n) is 11.9. The molecule has 0 aromatic heterocycles. The summed E-state index contributed by atoms with van der Waals surface area (Å²) in [5.74, 6) is -0.460. The molecule has 1 aromatic rings. The van der Waals surface area contributed by atoms with Crippen molar-refractivity contribution in [1.29, 1.82) is 0 Å². The van der Waals surface area contributed by atoms with Crippen LogP contribution in [-0.2, 0) is 11.3 Å². The molecule has 0 radical (unpaired) electrons. The van der Waals surface area contributed by atoms with Gasteiger partial charge in [0.1, 0.15) is 5.82 Å². The van der Waals surface area contributed by atoms with Crippen LogP contribution in [0.3, 0.4) is 0 Å². The van der Waals surface area contributed by atoms with Gasteiger partial charge >= 0.3 is 0 Å². The number of benzene rings is 1. The summed E-state index contributed by atoms with van der Waals surface area (Å²) in [4.78, 5) is 10.3. The topological polar surface area (TPSA) is 64.4 Å². The van der Waals surface area contributed by atoms with E-state index in [9.17, 15) is 14.5 Å². The smallest absolute Gasteiger partial charge is 0.274 e. The number of nitrogens with one attached hydrogen (secondary N) is 1. The van der Waals surface area contributed by atoms with E-state index in [4.69, 9.17) is 4.74 Å². The van der Waals surface area contributed by atoms with E-state index >= 15 is 0 Å². The Morgan fingerprint density at radius 2 is 2.15 bits per heavy atom. The van der Waals surface area contributed by atoms with Crippen molar-refractivity contribution < 1.29 is 14.1 Å². The quantitative estimate of drug-likeness (QED) is 0.430. The van der Waals surface area contributed by atoms with E-state index in [0.717, 1.165) is 25.5 Å². The van der Waals surface area contributed by atoms with Crippen LogP contribution in [0.1, 0.15) is 32.3 Å². The maximum Gasteiger partial charge on any atom is 0.274 e. The number of nitro groups is 1. The molecule has 0 aliphatic heterocycles. The lowest BCUT2D eigenvalue weighted by molar-refractivity contribution is -0.385. The van der Waals surface area contributed by atoms with E-state index in [2.05, 4.69) is 5.32 Å². The molecule has 5 nitrogen and oxygen atoms in total. The first-order valence-corrected chi connectivity index (χ1v) is 6.76. The molecule has 112 valence electrons. The maximum absolute atomic E-state index is 13.1. The zero-order valence-corrected chi connectivity index (χ0v) is 11.9. The number of ether oxygens (including phenoxy) is 1. The molecule has 1 N–H and O–H groups in total. The highest BCUT2D eigenvalue weighted by Gasteiger charge is 2.13. The average Bonchev–Trinajstić information content (AvgIpc) is 2.37. The second-order valence-electron chi connectivity index (χ2n) is 4.83. The molecule has 0 saturated carbocycles. The van der Waals surface area contributed by atoms with Gasteiger partial charge < -0.3 is 10.1 Å². The fourth-order valence-corrected chi connectivity index (χ4v) is 1.77. The van der Waals surface area contributed by atoms with Crippen molar-refractivity contribution in [3.8, 4) is 0 Å². The maximum atomic E-state index is 13.1. The van der Waals surface area contributed by atoms with Crippen molar-refractivity contribution >= 4 is 5.69 Å². The molecule has 0 atom stereocenters. The molecule has 1 aromatic carbocycles. The Kier molecular flexibility index (Phi) is 7.11. The van der Waals surface area contributed by atoms with Crippen LogP contribution < -0.4 is 5.32 Å². The van der Waals surface area contributed by atoms with Gasteiger partial charge in [-0.25, -0.2) is 4.39 Å². The SMILES string of the molecule is CC(C)OCCCCNCc1cc(F)ccc1[N+](=O)[O-]. The van der Waals surface area contributed by atoms with Crippen molar-refractivity contribution in [3.05, 3.63) is 39.7 Å². The Morgan fingerprint density at radius 3 is 2.80 bits per heavy atom. The average molecular weight is 284 g/mol.